The van der Waals surface area contributed by atoms with Crippen LogP contribution in [0.25, 0.3) is 0 Å². The number of amidine groups is 1. The summed E-state index contributed by atoms with van der Waals surface area (Å²) in [4.78, 5) is 21.5. The van der Waals surface area contributed by atoms with E-state index in [0.717, 1.165) is 25.3 Å². The van der Waals surface area contributed by atoms with Gasteiger partial charge in [0.15, 0.2) is 8.32 Å². The number of hydrogen-bond acceptors (Lipinski definition) is 5. The molecular formula is C20H37N3O3Si. The summed E-state index contributed by atoms with van der Waals surface area (Å²) in [6, 6.07) is 0.277. The van der Waals surface area contributed by atoms with Crippen molar-refractivity contribution < 1.29 is 14.0 Å². The van der Waals surface area contributed by atoms with Gasteiger partial charge in [-0.3, -0.25) is 9.89 Å². The Balaban J connectivity index is 2.21. The van der Waals surface area contributed by atoms with Gasteiger partial charge in [0, 0.05) is 25.6 Å². The molecule has 6 nitrogen and oxygen atoms in total. The van der Waals surface area contributed by atoms with Crippen LogP contribution in [0.4, 0.5) is 4.79 Å². The van der Waals surface area contributed by atoms with E-state index in [2.05, 4.69) is 59.2 Å². The van der Waals surface area contributed by atoms with E-state index in [-0.39, 0.29) is 29.9 Å². The molecule has 2 atom stereocenters. The highest BCUT2D eigenvalue weighted by Crippen LogP contribution is 2.39. The molecule has 0 spiro atoms. The summed E-state index contributed by atoms with van der Waals surface area (Å²) in [5.41, 5.74) is 0. The average molecular weight is 396 g/mol. The van der Waals surface area contributed by atoms with Crippen LogP contribution in [0.3, 0.4) is 0 Å². The van der Waals surface area contributed by atoms with Crippen LogP contribution in [0.1, 0.15) is 41.0 Å². The lowest BCUT2D eigenvalue weighted by Gasteiger charge is -2.38. The second kappa shape index (κ2) is 8.35. The van der Waals surface area contributed by atoms with Gasteiger partial charge in [-0.1, -0.05) is 33.4 Å². The molecule has 0 aromatic rings. The molecule has 2 aliphatic heterocycles. The molecule has 2 rings (SSSR count). The van der Waals surface area contributed by atoms with Crippen LogP contribution in [-0.4, -0.2) is 74.5 Å². The lowest BCUT2D eigenvalue weighted by atomic mass is 10.1. The molecule has 1 amide bonds. The predicted octanol–water partition coefficient (Wildman–Crippen LogP) is 3.90. The smallest absolute Gasteiger partial charge is 0.410 e. The normalized spacial score (nSPS) is 23.8. The molecule has 0 aromatic carbocycles. The molecule has 2 aliphatic rings. The van der Waals surface area contributed by atoms with Crippen LogP contribution >= 0.6 is 0 Å². The number of aliphatic imine (C=N–C) groups is 1. The van der Waals surface area contributed by atoms with Crippen molar-refractivity contribution in [3.05, 3.63) is 12.7 Å². The van der Waals surface area contributed by atoms with Crippen molar-refractivity contribution in [3.8, 4) is 0 Å². The van der Waals surface area contributed by atoms with E-state index in [9.17, 15) is 4.79 Å². The Morgan fingerprint density at radius 3 is 2.63 bits per heavy atom. The number of carbonyl (C=O) groups is 1. The van der Waals surface area contributed by atoms with E-state index in [0.29, 0.717) is 12.6 Å². The van der Waals surface area contributed by atoms with Crippen LogP contribution < -0.4 is 0 Å². The Kier molecular flexibility index (Phi) is 6.79. The lowest BCUT2D eigenvalue weighted by molar-refractivity contribution is 0.108. The number of hydrogen-bond donors (Lipinski definition) is 0. The Labute approximate surface area is 165 Å². The maximum absolute atomic E-state index is 12.7. The molecule has 0 N–H and O–H groups in total. The molecule has 1 saturated heterocycles. The maximum atomic E-state index is 12.7. The zero-order chi connectivity index (χ0) is 20.4. The highest BCUT2D eigenvalue weighted by atomic mass is 28.4. The van der Waals surface area contributed by atoms with Crippen molar-refractivity contribution in [2.75, 3.05) is 26.2 Å². The largest absolute Gasteiger partial charge is 0.445 e. The van der Waals surface area contributed by atoms with Gasteiger partial charge < -0.3 is 14.1 Å². The highest BCUT2D eigenvalue weighted by molar-refractivity contribution is 6.74. The van der Waals surface area contributed by atoms with E-state index >= 15 is 0 Å². The fourth-order valence-corrected chi connectivity index (χ4v) is 4.79. The lowest BCUT2D eigenvalue weighted by Crippen LogP contribution is -2.48. The molecule has 0 unspecified atom stereocenters. The van der Waals surface area contributed by atoms with Crippen LogP contribution in [0, 0.1) is 0 Å². The maximum Gasteiger partial charge on any atom is 0.410 e. The SMILES string of the molecule is C=CCOC(=O)N1C[C@H](O[Si](C)(C)C(C)(C)C)C[C@H]1C1=NCCN1C(C)C. The summed E-state index contributed by atoms with van der Waals surface area (Å²) in [7, 11) is -1.92. The molecule has 0 aliphatic carbocycles. The van der Waals surface area contributed by atoms with Gasteiger partial charge in [0.25, 0.3) is 0 Å². The number of rotatable bonds is 6. The van der Waals surface area contributed by atoms with Crippen molar-refractivity contribution in [2.24, 2.45) is 4.99 Å². The minimum Gasteiger partial charge on any atom is -0.445 e. The number of amides is 1. The first kappa shape index (κ1) is 22.0. The molecule has 7 heteroatoms. The van der Waals surface area contributed by atoms with Crippen molar-refractivity contribution in [1.82, 2.24) is 9.80 Å². The number of carbonyl (C=O) groups excluding carboxylic acids is 1. The van der Waals surface area contributed by atoms with Gasteiger partial charge in [-0.25, -0.2) is 4.79 Å². The van der Waals surface area contributed by atoms with Gasteiger partial charge in [0.1, 0.15) is 12.4 Å². The Hall–Kier alpha value is -1.34. The fourth-order valence-electron chi connectivity index (χ4n) is 3.43. The monoisotopic (exact) mass is 395 g/mol. The molecule has 0 saturated carbocycles. The van der Waals surface area contributed by atoms with E-state index in [1.807, 2.05) is 0 Å². The third kappa shape index (κ3) is 4.93. The summed E-state index contributed by atoms with van der Waals surface area (Å²) >= 11 is 0. The van der Waals surface area contributed by atoms with Gasteiger partial charge in [0.2, 0.25) is 0 Å². The molecule has 27 heavy (non-hydrogen) atoms. The van der Waals surface area contributed by atoms with E-state index < -0.39 is 8.32 Å². The van der Waals surface area contributed by atoms with Crippen LogP contribution in [-0.2, 0) is 9.16 Å². The first-order chi connectivity index (χ1) is 12.5. The molecule has 0 aromatic heterocycles. The first-order valence-electron chi connectivity index (χ1n) is 10.0. The fraction of sp³-hybridized carbons (Fsp3) is 0.800. The van der Waals surface area contributed by atoms with Gasteiger partial charge in [-0.2, -0.15) is 0 Å². The summed E-state index contributed by atoms with van der Waals surface area (Å²) < 4.78 is 12.0. The quantitative estimate of drug-likeness (QED) is 0.506. The van der Waals surface area contributed by atoms with Crippen molar-refractivity contribution >= 4 is 20.2 Å². The highest BCUT2D eigenvalue weighted by Gasteiger charge is 2.46. The Bertz CT molecular complexity index is 584. The number of ether oxygens (including phenoxy) is 1. The van der Waals surface area contributed by atoms with Gasteiger partial charge in [0.05, 0.1) is 18.7 Å². The van der Waals surface area contributed by atoms with E-state index in [4.69, 9.17) is 14.2 Å². The number of nitrogens with zero attached hydrogens (tertiary/aromatic N) is 3. The summed E-state index contributed by atoms with van der Waals surface area (Å²) in [5.74, 6) is 1.00. The summed E-state index contributed by atoms with van der Waals surface area (Å²) in [6.07, 6.45) is 2.08. The number of likely N-dealkylation sites (tertiary alicyclic amines) is 1. The molecule has 0 bridgehead atoms. The van der Waals surface area contributed by atoms with Crippen molar-refractivity contribution in [2.45, 2.75) is 77.4 Å². The molecular weight excluding hydrogens is 358 g/mol. The van der Waals surface area contributed by atoms with Crippen LogP contribution in [0.2, 0.25) is 18.1 Å². The molecule has 154 valence electrons. The van der Waals surface area contributed by atoms with Crippen molar-refractivity contribution in [3.63, 3.8) is 0 Å². The predicted molar refractivity (Wildman–Crippen MR) is 113 cm³/mol. The summed E-state index contributed by atoms with van der Waals surface area (Å²) in [6.45, 7) is 21.7. The minimum atomic E-state index is -1.92. The third-order valence-electron chi connectivity index (χ3n) is 5.92. The Morgan fingerprint density at radius 2 is 2.07 bits per heavy atom. The zero-order valence-electron chi connectivity index (χ0n) is 18.1. The first-order valence-corrected chi connectivity index (χ1v) is 12.9. The van der Waals surface area contributed by atoms with Crippen LogP contribution in [0.5, 0.6) is 0 Å². The van der Waals surface area contributed by atoms with Crippen molar-refractivity contribution in [1.29, 1.82) is 0 Å². The van der Waals surface area contributed by atoms with Gasteiger partial charge in [-0.05, 0) is 32.0 Å². The second-order valence-electron chi connectivity index (χ2n) is 9.30. The summed E-state index contributed by atoms with van der Waals surface area (Å²) in [5, 5.41) is 0.133. The molecule has 1 fully saturated rings. The molecule has 0 radical (unpaired) electrons. The second-order valence-corrected chi connectivity index (χ2v) is 14.1. The minimum absolute atomic E-state index is 0.0180. The van der Waals surface area contributed by atoms with E-state index in [1.165, 1.54) is 0 Å². The standard InChI is InChI=1S/C20H37N3O3Si/c1-9-12-25-19(24)23-14-16(26-27(7,8)20(4,5)6)13-17(23)18-21-10-11-22(18)15(2)3/h9,15-17H,1,10-14H2,2-8H3/t16-,17+/m1/s1. The third-order valence-corrected chi connectivity index (χ3v) is 10.5. The zero-order valence-corrected chi connectivity index (χ0v) is 19.1. The topological polar surface area (TPSA) is 54.4 Å². The Morgan fingerprint density at radius 1 is 1.41 bits per heavy atom. The average Bonchev–Trinajstić information content (AvgIpc) is 3.17. The van der Waals surface area contributed by atoms with Crippen LogP contribution in [0.15, 0.2) is 17.6 Å². The van der Waals surface area contributed by atoms with Gasteiger partial charge in [-0.15, -0.1) is 0 Å². The van der Waals surface area contributed by atoms with E-state index in [1.54, 1.807) is 11.0 Å². The molecule has 2 heterocycles. The van der Waals surface area contributed by atoms with Gasteiger partial charge >= 0.3 is 6.09 Å².